The standard InChI is InChI=1S/C19H30F10O8/c20-15(21,1-4-33-5-2-30)11-36-13-17(24,25)10-19(28,29)37-18(26,27)9-16(22,23)12-35-8-14(32)7-34-6-3-31/h14,30-32H,1-13H2. The Morgan fingerprint density at radius 2 is 0.973 bits per heavy atom. The lowest BCUT2D eigenvalue weighted by atomic mass is 10.2. The number of halogens is 10. The number of hydrogen-bond acceptors (Lipinski definition) is 8. The monoisotopic (exact) mass is 576 g/mol. The summed E-state index contributed by atoms with van der Waals surface area (Å²) in [7, 11) is 0. The fourth-order valence-electron chi connectivity index (χ4n) is 2.48. The lowest BCUT2D eigenvalue weighted by Crippen LogP contribution is -2.43. The maximum atomic E-state index is 13.7. The molecule has 0 radical (unpaired) electrons. The summed E-state index contributed by atoms with van der Waals surface area (Å²) in [6.07, 6.45) is -18.7. The molecule has 0 aromatic rings. The Balaban J connectivity index is 4.63. The molecule has 0 saturated heterocycles. The van der Waals surface area contributed by atoms with Crippen LogP contribution in [0.25, 0.3) is 0 Å². The molecule has 0 amide bonds. The molecule has 0 bridgehead atoms. The zero-order chi connectivity index (χ0) is 28.8. The Morgan fingerprint density at radius 3 is 1.49 bits per heavy atom. The molecule has 8 nitrogen and oxygen atoms in total. The van der Waals surface area contributed by atoms with E-state index in [0.717, 1.165) is 0 Å². The molecule has 0 heterocycles. The summed E-state index contributed by atoms with van der Waals surface area (Å²) in [6, 6.07) is 0. The van der Waals surface area contributed by atoms with Crippen LogP contribution in [0.5, 0.6) is 0 Å². The van der Waals surface area contributed by atoms with E-state index < -0.39 is 108 Å². The fourth-order valence-corrected chi connectivity index (χ4v) is 2.48. The minimum Gasteiger partial charge on any atom is -0.394 e. The topological polar surface area (TPSA) is 107 Å². The quantitative estimate of drug-likeness (QED) is 0.126. The summed E-state index contributed by atoms with van der Waals surface area (Å²) >= 11 is 0. The van der Waals surface area contributed by atoms with Crippen LogP contribution in [0.1, 0.15) is 19.3 Å². The Morgan fingerprint density at radius 1 is 0.541 bits per heavy atom. The van der Waals surface area contributed by atoms with E-state index in [0.29, 0.717) is 0 Å². The number of hydrogen-bond donors (Lipinski definition) is 3. The first-order valence-electron chi connectivity index (χ1n) is 10.6. The van der Waals surface area contributed by atoms with E-state index in [2.05, 4.69) is 23.7 Å². The van der Waals surface area contributed by atoms with E-state index in [1.54, 1.807) is 0 Å². The minimum absolute atomic E-state index is 0.190. The van der Waals surface area contributed by atoms with Crippen molar-refractivity contribution in [1.29, 1.82) is 0 Å². The van der Waals surface area contributed by atoms with Crippen molar-refractivity contribution in [3.8, 4) is 0 Å². The third-order valence-corrected chi connectivity index (χ3v) is 3.87. The van der Waals surface area contributed by atoms with Crippen molar-refractivity contribution in [1.82, 2.24) is 0 Å². The third-order valence-electron chi connectivity index (χ3n) is 3.87. The lowest BCUT2D eigenvalue weighted by molar-refractivity contribution is -0.398. The molecule has 0 aliphatic rings. The van der Waals surface area contributed by atoms with Gasteiger partial charge in [-0.15, -0.1) is 0 Å². The van der Waals surface area contributed by atoms with Gasteiger partial charge in [-0.3, -0.25) is 4.74 Å². The highest BCUT2D eigenvalue weighted by Gasteiger charge is 2.54. The van der Waals surface area contributed by atoms with Crippen molar-refractivity contribution in [2.24, 2.45) is 0 Å². The van der Waals surface area contributed by atoms with Gasteiger partial charge in [0.05, 0.1) is 46.2 Å². The molecule has 0 aliphatic carbocycles. The van der Waals surface area contributed by atoms with Crippen LogP contribution >= 0.6 is 0 Å². The Bertz CT molecular complexity index is 613. The summed E-state index contributed by atoms with van der Waals surface area (Å²) in [5.41, 5.74) is 0. The Kier molecular flexibility index (Phi) is 15.7. The van der Waals surface area contributed by atoms with Gasteiger partial charge in [-0.05, 0) is 0 Å². The van der Waals surface area contributed by atoms with E-state index in [9.17, 15) is 49.0 Å². The fraction of sp³-hybridized carbons (Fsp3) is 1.00. The smallest absolute Gasteiger partial charge is 0.366 e. The summed E-state index contributed by atoms with van der Waals surface area (Å²) in [5.74, 6) is -12.9. The van der Waals surface area contributed by atoms with Gasteiger partial charge in [0.1, 0.15) is 38.8 Å². The van der Waals surface area contributed by atoms with Crippen molar-refractivity contribution < 1.29 is 82.9 Å². The van der Waals surface area contributed by atoms with Gasteiger partial charge >= 0.3 is 12.2 Å². The molecular weight excluding hydrogens is 546 g/mol. The average molecular weight is 576 g/mol. The van der Waals surface area contributed by atoms with E-state index in [-0.39, 0.29) is 13.2 Å². The molecule has 0 saturated carbocycles. The number of ether oxygens (including phenoxy) is 5. The summed E-state index contributed by atoms with van der Waals surface area (Å²) in [5, 5.41) is 26.2. The molecule has 0 aliphatic heterocycles. The molecule has 0 fully saturated rings. The normalized spacial score (nSPS) is 14.8. The Hall–Kier alpha value is -1.02. The first kappa shape index (κ1) is 36.0. The van der Waals surface area contributed by atoms with Crippen LogP contribution in [0.4, 0.5) is 43.9 Å². The molecule has 0 rings (SSSR count). The van der Waals surface area contributed by atoms with Crippen LogP contribution in [0.15, 0.2) is 0 Å². The zero-order valence-corrected chi connectivity index (χ0v) is 19.4. The van der Waals surface area contributed by atoms with Crippen LogP contribution in [-0.4, -0.2) is 117 Å². The highest BCUT2D eigenvalue weighted by molar-refractivity contribution is 4.77. The van der Waals surface area contributed by atoms with E-state index >= 15 is 0 Å². The highest BCUT2D eigenvalue weighted by Crippen LogP contribution is 2.40. The number of alkyl halides is 10. The molecule has 1 unspecified atom stereocenters. The van der Waals surface area contributed by atoms with Gasteiger partial charge in [0, 0.05) is 6.42 Å². The van der Waals surface area contributed by atoms with Crippen molar-refractivity contribution >= 4 is 0 Å². The molecule has 1 atom stereocenters. The predicted octanol–water partition coefficient (Wildman–Crippen LogP) is 2.68. The molecule has 37 heavy (non-hydrogen) atoms. The molecule has 0 aromatic heterocycles. The van der Waals surface area contributed by atoms with Gasteiger partial charge in [0.2, 0.25) is 0 Å². The van der Waals surface area contributed by atoms with Gasteiger partial charge < -0.3 is 34.3 Å². The average Bonchev–Trinajstić information content (AvgIpc) is 2.68. The molecule has 18 heteroatoms. The number of rotatable bonds is 23. The van der Waals surface area contributed by atoms with Crippen LogP contribution in [-0.2, 0) is 23.7 Å². The van der Waals surface area contributed by atoms with Gasteiger partial charge in [0.15, 0.2) is 0 Å². The van der Waals surface area contributed by atoms with Crippen LogP contribution in [0, 0.1) is 0 Å². The molecule has 224 valence electrons. The SMILES string of the molecule is OCCOCCC(F)(F)COCC(F)(F)CC(F)(F)OC(F)(F)CC(F)(F)COCC(O)COCCO. The van der Waals surface area contributed by atoms with Crippen LogP contribution in [0.3, 0.4) is 0 Å². The number of aliphatic hydroxyl groups is 3. The first-order valence-corrected chi connectivity index (χ1v) is 10.6. The summed E-state index contributed by atoms with van der Waals surface area (Å²) in [6.45, 7) is -8.65. The molecular formula is C19H30F10O8. The second-order valence-electron chi connectivity index (χ2n) is 7.84. The maximum Gasteiger partial charge on any atom is 0.366 e. The molecule has 0 aromatic carbocycles. The summed E-state index contributed by atoms with van der Waals surface area (Å²) in [4.78, 5) is 0. The van der Waals surface area contributed by atoms with Crippen molar-refractivity contribution in [3.63, 3.8) is 0 Å². The number of aliphatic hydroxyl groups excluding tert-OH is 3. The third kappa shape index (κ3) is 19.7. The van der Waals surface area contributed by atoms with Crippen molar-refractivity contribution in [2.75, 3.05) is 66.1 Å². The van der Waals surface area contributed by atoms with Gasteiger partial charge in [0.25, 0.3) is 17.8 Å². The second-order valence-corrected chi connectivity index (χ2v) is 7.84. The van der Waals surface area contributed by atoms with Gasteiger partial charge in [-0.2, -0.15) is 17.6 Å². The molecule has 3 N–H and O–H groups in total. The van der Waals surface area contributed by atoms with E-state index in [4.69, 9.17) is 10.2 Å². The van der Waals surface area contributed by atoms with E-state index in [1.807, 2.05) is 0 Å². The highest BCUT2D eigenvalue weighted by atomic mass is 19.3. The van der Waals surface area contributed by atoms with Gasteiger partial charge in [-0.25, -0.2) is 26.3 Å². The van der Waals surface area contributed by atoms with Crippen LogP contribution in [0.2, 0.25) is 0 Å². The lowest BCUT2D eigenvalue weighted by Gasteiger charge is -2.29. The van der Waals surface area contributed by atoms with Crippen molar-refractivity contribution in [3.05, 3.63) is 0 Å². The van der Waals surface area contributed by atoms with Gasteiger partial charge in [-0.1, -0.05) is 0 Å². The van der Waals surface area contributed by atoms with E-state index in [1.165, 1.54) is 0 Å². The first-order chi connectivity index (χ1) is 16.8. The predicted molar refractivity (Wildman–Crippen MR) is 103 cm³/mol. The maximum absolute atomic E-state index is 13.7. The second kappa shape index (κ2) is 16.2. The van der Waals surface area contributed by atoms with Crippen molar-refractivity contribution in [2.45, 2.75) is 55.4 Å². The Labute approximate surface area is 205 Å². The van der Waals surface area contributed by atoms with Crippen LogP contribution < -0.4 is 0 Å². The zero-order valence-electron chi connectivity index (χ0n) is 19.4. The molecule has 0 spiro atoms. The minimum atomic E-state index is -5.37. The summed E-state index contributed by atoms with van der Waals surface area (Å²) < 4.78 is 157. The largest absolute Gasteiger partial charge is 0.394 e.